The van der Waals surface area contributed by atoms with Gasteiger partial charge in [0.05, 0.1) is 0 Å². The summed E-state index contributed by atoms with van der Waals surface area (Å²) >= 11 is 0. The van der Waals surface area contributed by atoms with E-state index >= 15 is 0 Å². The Balaban J connectivity index is 2.30. The van der Waals surface area contributed by atoms with Gasteiger partial charge >= 0.3 is 0 Å². The lowest BCUT2D eigenvalue weighted by Crippen LogP contribution is -2.31. The van der Waals surface area contributed by atoms with Gasteiger partial charge in [-0.05, 0) is 24.8 Å². The zero-order valence-corrected chi connectivity index (χ0v) is 8.76. The first kappa shape index (κ1) is 10.6. The Morgan fingerprint density at radius 3 is 2.53 bits per heavy atom. The van der Waals surface area contributed by atoms with Crippen LogP contribution >= 0.6 is 0 Å². The van der Waals surface area contributed by atoms with Gasteiger partial charge in [-0.1, -0.05) is 43.2 Å². The van der Waals surface area contributed by atoms with Crippen molar-refractivity contribution in [2.45, 2.75) is 43.9 Å². The molecule has 0 unspecified atom stereocenters. The second kappa shape index (κ2) is 4.30. The van der Waals surface area contributed by atoms with Gasteiger partial charge in [-0.25, -0.2) is 8.78 Å². The molecule has 1 aliphatic rings. The zero-order valence-electron chi connectivity index (χ0n) is 8.76. The minimum absolute atomic E-state index is 0.318. The fourth-order valence-electron chi connectivity index (χ4n) is 2.31. The van der Waals surface area contributed by atoms with Crippen LogP contribution in [0.3, 0.4) is 0 Å². The average molecular weight is 210 g/mol. The molecule has 0 spiro atoms. The topological polar surface area (TPSA) is 0 Å². The largest absolute Gasteiger partial charge is 0.244 e. The van der Waals surface area contributed by atoms with Crippen molar-refractivity contribution >= 4 is 0 Å². The predicted molar refractivity (Wildman–Crippen MR) is 57.2 cm³/mol. The van der Waals surface area contributed by atoms with Crippen molar-refractivity contribution in [3.05, 3.63) is 35.9 Å². The van der Waals surface area contributed by atoms with Crippen molar-refractivity contribution in [2.75, 3.05) is 0 Å². The maximum atomic E-state index is 14.6. The van der Waals surface area contributed by atoms with E-state index in [4.69, 9.17) is 0 Å². The highest BCUT2D eigenvalue weighted by atomic mass is 19.2. The van der Waals surface area contributed by atoms with Crippen molar-refractivity contribution in [2.24, 2.45) is 0 Å². The van der Waals surface area contributed by atoms with Crippen LogP contribution in [0.2, 0.25) is 0 Å². The lowest BCUT2D eigenvalue weighted by atomic mass is 9.87. The molecular weight excluding hydrogens is 194 g/mol. The summed E-state index contributed by atoms with van der Waals surface area (Å²) in [5.41, 5.74) is -1.25. The first-order valence-corrected chi connectivity index (χ1v) is 5.62. The van der Waals surface area contributed by atoms with Gasteiger partial charge in [0.15, 0.2) is 5.67 Å². The minimum Gasteiger partial charge on any atom is -0.244 e. The molecule has 0 heterocycles. The molecule has 0 N–H and O–H groups in total. The second-order valence-corrected chi connectivity index (χ2v) is 4.30. The molecule has 1 fully saturated rings. The Morgan fingerprint density at radius 2 is 1.80 bits per heavy atom. The summed E-state index contributed by atoms with van der Waals surface area (Å²) in [7, 11) is 0. The van der Waals surface area contributed by atoms with Crippen LogP contribution in [-0.4, -0.2) is 6.17 Å². The standard InChI is InChI=1S/C13H16F2/c14-12-9-5-2-6-10-13(12,15)11-7-3-1-4-8-11/h1,3-4,7-8,12H,2,5-6,9-10H2/t12-,13+/m1/s1. The number of halogens is 2. The minimum atomic E-state index is -1.75. The summed E-state index contributed by atoms with van der Waals surface area (Å²) in [5, 5.41) is 0. The fraction of sp³-hybridized carbons (Fsp3) is 0.538. The highest BCUT2D eigenvalue weighted by Gasteiger charge is 2.41. The third kappa shape index (κ3) is 2.04. The molecule has 82 valence electrons. The van der Waals surface area contributed by atoms with Gasteiger partial charge in [0, 0.05) is 0 Å². The van der Waals surface area contributed by atoms with E-state index in [1.54, 1.807) is 24.3 Å². The van der Waals surface area contributed by atoms with E-state index in [1.165, 1.54) is 0 Å². The lowest BCUT2D eigenvalue weighted by molar-refractivity contribution is 0.0395. The normalized spacial score (nSPS) is 32.3. The molecule has 2 heteroatoms. The molecule has 0 aromatic heterocycles. The number of hydrogen-bond donors (Lipinski definition) is 0. The molecule has 1 aromatic carbocycles. The maximum absolute atomic E-state index is 14.6. The van der Waals surface area contributed by atoms with Crippen molar-refractivity contribution in [3.63, 3.8) is 0 Å². The van der Waals surface area contributed by atoms with Gasteiger partial charge in [0.25, 0.3) is 0 Å². The van der Waals surface area contributed by atoms with E-state index in [2.05, 4.69) is 0 Å². The summed E-state index contributed by atoms with van der Waals surface area (Å²) in [6, 6.07) is 8.76. The average Bonchev–Trinajstić information content (AvgIpc) is 2.44. The number of benzene rings is 1. The summed E-state index contributed by atoms with van der Waals surface area (Å²) in [6.07, 6.45) is 1.86. The Hall–Kier alpha value is -0.920. The van der Waals surface area contributed by atoms with Crippen molar-refractivity contribution in [3.8, 4) is 0 Å². The van der Waals surface area contributed by atoms with Gasteiger partial charge in [-0.15, -0.1) is 0 Å². The molecule has 0 saturated heterocycles. The van der Waals surface area contributed by atoms with Gasteiger partial charge in [0.2, 0.25) is 0 Å². The lowest BCUT2D eigenvalue weighted by Gasteiger charge is -2.27. The quantitative estimate of drug-likeness (QED) is 0.611. The van der Waals surface area contributed by atoms with Gasteiger partial charge in [0.1, 0.15) is 6.17 Å². The van der Waals surface area contributed by atoms with Gasteiger partial charge in [-0.3, -0.25) is 0 Å². The molecule has 1 aliphatic carbocycles. The molecular formula is C13H16F2. The third-order valence-electron chi connectivity index (χ3n) is 3.25. The van der Waals surface area contributed by atoms with Crippen LogP contribution in [0.1, 0.15) is 37.7 Å². The Morgan fingerprint density at radius 1 is 1.07 bits per heavy atom. The number of rotatable bonds is 1. The summed E-state index contributed by atoms with van der Waals surface area (Å²) in [6.45, 7) is 0. The molecule has 1 aromatic rings. The van der Waals surface area contributed by atoms with Crippen LogP contribution in [0.5, 0.6) is 0 Å². The van der Waals surface area contributed by atoms with Gasteiger partial charge in [-0.2, -0.15) is 0 Å². The van der Waals surface area contributed by atoms with Crippen LogP contribution in [0.15, 0.2) is 30.3 Å². The number of hydrogen-bond acceptors (Lipinski definition) is 0. The van der Waals surface area contributed by atoms with E-state index in [-0.39, 0.29) is 0 Å². The van der Waals surface area contributed by atoms with Crippen LogP contribution < -0.4 is 0 Å². The summed E-state index contributed by atoms with van der Waals surface area (Å²) < 4.78 is 28.4. The molecule has 0 bridgehead atoms. The smallest absolute Gasteiger partial charge is 0.166 e. The predicted octanol–water partition coefficient (Wildman–Crippen LogP) is 4.15. The summed E-state index contributed by atoms with van der Waals surface area (Å²) in [4.78, 5) is 0. The first-order chi connectivity index (χ1) is 7.23. The Bertz CT molecular complexity index is 310. The fourth-order valence-corrected chi connectivity index (χ4v) is 2.31. The maximum Gasteiger partial charge on any atom is 0.166 e. The monoisotopic (exact) mass is 210 g/mol. The molecule has 0 radical (unpaired) electrons. The van der Waals surface area contributed by atoms with Crippen LogP contribution in [-0.2, 0) is 5.67 Å². The zero-order chi connectivity index (χ0) is 10.7. The van der Waals surface area contributed by atoms with E-state index < -0.39 is 11.8 Å². The van der Waals surface area contributed by atoms with Crippen LogP contribution in [0.25, 0.3) is 0 Å². The SMILES string of the molecule is F[C@@H]1CCCCC[C@]1(F)c1ccccc1. The van der Waals surface area contributed by atoms with E-state index in [0.717, 1.165) is 19.3 Å². The Labute approximate surface area is 89.3 Å². The molecule has 0 nitrogen and oxygen atoms in total. The van der Waals surface area contributed by atoms with E-state index in [9.17, 15) is 8.78 Å². The van der Waals surface area contributed by atoms with Crippen LogP contribution in [0, 0.1) is 0 Å². The van der Waals surface area contributed by atoms with Crippen molar-refractivity contribution < 1.29 is 8.78 Å². The first-order valence-electron chi connectivity index (χ1n) is 5.62. The number of alkyl halides is 2. The van der Waals surface area contributed by atoms with Gasteiger partial charge < -0.3 is 0 Å². The second-order valence-electron chi connectivity index (χ2n) is 4.30. The van der Waals surface area contributed by atoms with Crippen molar-refractivity contribution in [1.29, 1.82) is 0 Å². The molecule has 1 saturated carbocycles. The molecule has 0 aliphatic heterocycles. The highest BCUT2D eigenvalue weighted by Crippen LogP contribution is 2.41. The van der Waals surface area contributed by atoms with E-state index in [1.807, 2.05) is 6.07 Å². The molecule has 0 amide bonds. The highest BCUT2D eigenvalue weighted by molar-refractivity contribution is 5.24. The molecule has 2 rings (SSSR count). The third-order valence-corrected chi connectivity index (χ3v) is 3.25. The molecule has 15 heavy (non-hydrogen) atoms. The Kier molecular flexibility index (Phi) is 3.03. The van der Waals surface area contributed by atoms with Crippen LogP contribution in [0.4, 0.5) is 8.78 Å². The molecule has 2 atom stereocenters. The van der Waals surface area contributed by atoms with E-state index in [0.29, 0.717) is 18.4 Å². The van der Waals surface area contributed by atoms with Crippen molar-refractivity contribution in [1.82, 2.24) is 0 Å². The summed E-state index contributed by atoms with van der Waals surface area (Å²) in [5.74, 6) is 0.